The second-order valence-corrected chi connectivity index (χ2v) is 10.5. The first kappa shape index (κ1) is 20.1. The summed E-state index contributed by atoms with van der Waals surface area (Å²) in [5.74, 6) is 0. The van der Waals surface area contributed by atoms with Crippen molar-refractivity contribution < 1.29 is 12.6 Å². The van der Waals surface area contributed by atoms with Crippen LogP contribution in [0.15, 0.2) is 180 Å². The Morgan fingerprint density at radius 3 is 1.43 bits per heavy atom. The molecule has 44 heavy (non-hydrogen) atoms. The minimum atomic E-state index is -0.341. The normalized spacial score (nSPS) is 13.1. The highest BCUT2D eigenvalue weighted by Crippen LogP contribution is 2.43. The van der Waals surface area contributed by atoms with E-state index in [9.17, 15) is 2.74 Å². The van der Waals surface area contributed by atoms with Gasteiger partial charge in [0.15, 0.2) is 5.58 Å². The average molecular weight is 570 g/mol. The third-order valence-electron chi connectivity index (χ3n) is 7.79. The average Bonchev–Trinajstić information content (AvgIpc) is 3.57. The lowest BCUT2D eigenvalue weighted by molar-refractivity contribution is 0.669. The van der Waals surface area contributed by atoms with Crippen molar-refractivity contribution in [1.29, 1.82) is 0 Å². The molecule has 0 aliphatic rings. The van der Waals surface area contributed by atoms with Crippen LogP contribution in [-0.4, -0.2) is 0 Å². The van der Waals surface area contributed by atoms with Gasteiger partial charge in [-0.2, -0.15) is 0 Å². The first-order valence-corrected chi connectivity index (χ1v) is 14.5. The summed E-state index contributed by atoms with van der Waals surface area (Å²) >= 11 is 0. The molecule has 8 rings (SSSR count). The molecule has 0 unspecified atom stereocenters. The molecular formula is C42H29NO. The van der Waals surface area contributed by atoms with Crippen molar-refractivity contribution in [3.05, 3.63) is 176 Å². The predicted octanol–water partition coefficient (Wildman–Crippen LogP) is 12.1. The van der Waals surface area contributed by atoms with Crippen molar-refractivity contribution in [3.8, 4) is 33.4 Å². The Bertz CT molecular complexity index is 2430. The molecule has 0 N–H and O–H groups in total. The largest absolute Gasteiger partial charge is 0.454 e. The van der Waals surface area contributed by atoms with Crippen LogP contribution in [0.4, 0.5) is 17.1 Å². The predicted molar refractivity (Wildman–Crippen MR) is 185 cm³/mol. The van der Waals surface area contributed by atoms with Gasteiger partial charge in [-0.1, -0.05) is 133 Å². The number of benzene rings is 7. The minimum Gasteiger partial charge on any atom is -0.454 e. The number of para-hydroxylation sites is 1. The van der Waals surface area contributed by atoms with Gasteiger partial charge in [0.2, 0.25) is 0 Å². The lowest BCUT2D eigenvalue weighted by atomic mass is 10.0. The van der Waals surface area contributed by atoms with E-state index in [0.717, 1.165) is 22.3 Å². The van der Waals surface area contributed by atoms with Crippen LogP contribution in [0.3, 0.4) is 0 Å². The molecule has 0 bridgehead atoms. The Kier molecular flexibility index (Phi) is 5.07. The van der Waals surface area contributed by atoms with Gasteiger partial charge in [-0.05, 0) is 75.8 Å². The van der Waals surface area contributed by atoms with E-state index in [0.29, 0.717) is 16.9 Å². The molecule has 1 aromatic heterocycles. The molecule has 2 nitrogen and oxygen atoms in total. The maximum Gasteiger partial charge on any atom is 0.159 e. The van der Waals surface area contributed by atoms with Gasteiger partial charge in [0, 0.05) is 22.1 Å². The molecule has 0 aliphatic heterocycles. The van der Waals surface area contributed by atoms with Crippen molar-refractivity contribution in [2.75, 3.05) is 4.90 Å². The molecule has 0 radical (unpaired) electrons. The van der Waals surface area contributed by atoms with E-state index in [2.05, 4.69) is 0 Å². The van der Waals surface area contributed by atoms with Crippen molar-refractivity contribution in [1.82, 2.24) is 0 Å². The molecular weight excluding hydrogens is 534 g/mol. The Morgan fingerprint density at radius 1 is 0.432 bits per heavy atom. The Morgan fingerprint density at radius 2 is 0.909 bits per heavy atom. The first-order chi connectivity index (χ1) is 24.3. The van der Waals surface area contributed by atoms with E-state index in [4.69, 9.17) is 9.90 Å². The number of rotatable bonds is 6. The van der Waals surface area contributed by atoms with Gasteiger partial charge < -0.3 is 9.32 Å². The van der Waals surface area contributed by atoms with Crippen molar-refractivity contribution in [2.24, 2.45) is 0 Å². The maximum absolute atomic E-state index is 9.26. The third-order valence-corrected chi connectivity index (χ3v) is 7.79. The molecule has 2 heteroatoms. The Labute approximate surface area is 265 Å². The number of hydrogen-bond acceptors (Lipinski definition) is 2. The van der Waals surface area contributed by atoms with Gasteiger partial charge in [0.1, 0.15) is 5.58 Å². The number of anilines is 3. The van der Waals surface area contributed by atoms with Gasteiger partial charge in [0.25, 0.3) is 0 Å². The topological polar surface area (TPSA) is 16.4 Å². The van der Waals surface area contributed by atoms with Gasteiger partial charge >= 0.3 is 0 Å². The highest BCUT2D eigenvalue weighted by atomic mass is 16.3. The smallest absolute Gasteiger partial charge is 0.159 e. The first-order valence-electron chi connectivity index (χ1n) is 17.5. The van der Waals surface area contributed by atoms with Crippen LogP contribution in [0, 0.1) is 0 Å². The van der Waals surface area contributed by atoms with Gasteiger partial charge in [-0.15, -0.1) is 0 Å². The van der Waals surface area contributed by atoms with Crippen LogP contribution >= 0.6 is 0 Å². The molecule has 8 aromatic rings. The fourth-order valence-electron chi connectivity index (χ4n) is 5.58. The Balaban J connectivity index is 1.41. The van der Waals surface area contributed by atoms with E-state index in [1.165, 1.54) is 0 Å². The molecule has 1 heterocycles. The van der Waals surface area contributed by atoms with E-state index >= 15 is 0 Å². The number of furan rings is 1. The van der Waals surface area contributed by atoms with Gasteiger partial charge in [0.05, 0.1) is 13.9 Å². The van der Waals surface area contributed by atoms with E-state index < -0.39 is 0 Å². The zero-order chi connectivity index (χ0) is 34.5. The van der Waals surface area contributed by atoms with Crippen LogP contribution in [0.2, 0.25) is 0 Å². The van der Waals surface area contributed by atoms with Crippen molar-refractivity contribution in [2.45, 2.75) is 0 Å². The van der Waals surface area contributed by atoms with Crippen LogP contribution in [0.1, 0.15) is 8.22 Å². The zero-order valence-corrected chi connectivity index (χ0v) is 23.6. The minimum absolute atomic E-state index is 0.0402. The monoisotopic (exact) mass is 569 g/mol. The van der Waals surface area contributed by atoms with E-state index in [1.807, 2.05) is 132 Å². The van der Waals surface area contributed by atoms with Crippen LogP contribution in [0.25, 0.3) is 55.3 Å². The SMILES string of the molecule is [2H]c1c([2H])c([2H])c2c(oc3c([2H])c(-c4ccccc4)c([2H])c([2H])c32)c1N(c1ccc(-c2ccccc2)cc1)c1ccc(-c2ccccc2)cc1. The second kappa shape index (κ2) is 11.1. The Hall–Kier alpha value is -5.86. The molecule has 0 aliphatic carbocycles. The summed E-state index contributed by atoms with van der Waals surface area (Å²) in [7, 11) is 0. The van der Waals surface area contributed by atoms with Crippen LogP contribution in [0.5, 0.6) is 0 Å². The summed E-state index contributed by atoms with van der Waals surface area (Å²) in [6.07, 6.45) is 0. The summed E-state index contributed by atoms with van der Waals surface area (Å²) in [6.45, 7) is 0. The van der Waals surface area contributed by atoms with Crippen LogP contribution < -0.4 is 4.90 Å². The molecule has 0 saturated carbocycles. The number of nitrogens with zero attached hydrogens (tertiary/aromatic N) is 1. The highest BCUT2D eigenvalue weighted by Gasteiger charge is 2.20. The van der Waals surface area contributed by atoms with Gasteiger partial charge in [-0.3, -0.25) is 0 Å². The van der Waals surface area contributed by atoms with E-state index in [1.54, 1.807) is 12.1 Å². The zero-order valence-electron chi connectivity index (χ0n) is 29.6. The molecule has 0 atom stereocenters. The summed E-state index contributed by atoms with van der Waals surface area (Å²) in [6, 6.07) is 43.5. The fraction of sp³-hybridized carbons (Fsp3) is 0. The van der Waals surface area contributed by atoms with Gasteiger partial charge in [-0.25, -0.2) is 0 Å². The fourth-order valence-corrected chi connectivity index (χ4v) is 5.58. The molecule has 208 valence electrons. The lowest BCUT2D eigenvalue weighted by Crippen LogP contribution is -2.10. The number of hydrogen-bond donors (Lipinski definition) is 0. The summed E-state index contributed by atoms with van der Waals surface area (Å²) in [5, 5.41) is 0.252. The molecule has 7 aromatic carbocycles. The second-order valence-electron chi connectivity index (χ2n) is 10.5. The lowest BCUT2D eigenvalue weighted by Gasteiger charge is -2.26. The summed E-state index contributed by atoms with van der Waals surface area (Å²) in [5.41, 5.74) is 6.70. The molecule has 0 amide bonds. The molecule has 0 spiro atoms. The quantitative estimate of drug-likeness (QED) is 0.198. The summed E-state index contributed by atoms with van der Waals surface area (Å²) < 4.78 is 60.8. The van der Waals surface area contributed by atoms with Crippen molar-refractivity contribution >= 4 is 39.0 Å². The third kappa shape index (κ3) is 4.73. The number of fused-ring (bicyclic) bond motifs is 3. The van der Waals surface area contributed by atoms with Crippen molar-refractivity contribution in [3.63, 3.8) is 0 Å². The maximum atomic E-state index is 9.26. The van der Waals surface area contributed by atoms with Crippen LogP contribution in [-0.2, 0) is 0 Å². The summed E-state index contributed by atoms with van der Waals surface area (Å²) in [4.78, 5) is 1.83. The highest BCUT2D eigenvalue weighted by molar-refractivity contribution is 6.11. The molecule has 0 saturated heterocycles. The standard InChI is InChI=1S/C42H29NO/c1-4-11-30(12-5-1)33-19-24-36(25-20-33)43(37-26-21-34(22-27-37)31-13-6-2-7-14-31)40-18-10-17-39-38-28-23-35(29-41(38)44-42(39)40)32-15-8-3-9-16-32/h1-29H/i10D,17D,18D,23D,28D,29D. The van der Waals surface area contributed by atoms with E-state index in [-0.39, 0.29) is 69.4 Å². The molecule has 0 fully saturated rings.